The summed E-state index contributed by atoms with van der Waals surface area (Å²) in [6.07, 6.45) is 10.5. The number of hydrogen-bond donors (Lipinski definition) is 3. The molecule has 3 aliphatic rings. The fourth-order valence-electron chi connectivity index (χ4n) is 5.57. The Labute approximate surface area is 215 Å². The molecule has 2 aromatic heterocycles. The van der Waals surface area contributed by atoms with Gasteiger partial charge in [0.1, 0.15) is 11.6 Å². The summed E-state index contributed by atoms with van der Waals surface area (Å²) in [6.45, 7) is 4.29. The number of aromatic amines is 2. The number of terminal acetylenes is 1. The van der Waals surface area contributed by atoms with Gasteiger partial charge in [-0.25, -0.2) is 9.97 Å². The molecule has 2 aliphatic heterocycles. The lowest BCUT2D eigenvalue weighted by atomic mass is 10.1. The van der Waals surface area contributed by atoms with Gasteiger partial charge >= 0.3 is 0 Å². The topological polar surface area (TPSA) is 72.4 Å². The van der Waals surface area contributed by atoms with Crippen molar-refractivity contribution in [3.8, 4) is 24.7 Å². The van der Waals surface area contributed by atoms with Crippen LogP contribution in [0.1, 0.15) is 48.6 Å². The number of nitrogens with one attached hydrogen (secondary N) is 3. The lowest BCUT2D eigenvalue weighted by Gasteiger charge is -2.24. The van der Waals surface area contributed by atoms with E-state index in [9.17, 15) is 0 Å². The van der Waals surface area contributed by atoms with Crippen molar-refractivity contribution in [2.24, 2.45) is 5.92 Å². The number of imidazole rings is 2. The van der Waals surface area contributed by atoms with E-state index < -0.39 is 0 Å². The highest BCUT2D eigenvalue weighted by Gasteiger charge is 2.52. The molecule has 5 aromatic rings. The Hall–Kier alpha value is -4.10. The first kappa shape index (κ1) is 22.1. The Bertz CT molecular complexity index is 1750. The molecule has 4 heterocycles. The van der Waals surface area contributed by atoms with E-state index >= 15 is 0 Å². The van der Waals surface area contributed by atoms with Crippen LogP contribution in [0.4, 0.5) is 0 Å². The maximum atomic E-state index is 4.98. The second-order valence-electron chi connectivity index (χ2n) is 10.5. The van der Waals surface area contributed by atoms with Crippen molar-refractivity contribution in [2.75, 3.05) is 6.54 Å². The first-order valence-corrected chi connectivity index (χ1v) is 12.9. The molecule has 0 bridgehead atoms. The number of aromatic nitrogens is 4. The molecular formula is C31H28N6. The molecule has 1 aliphatic carbocycles. The van der Waals surface area contributed by atoms with Gasteiger partial charge in [0.25, 0.3) is 0 Å². The fourth-order valence-corrected chi connectivity index (χ4v) is 5.57. The molecular weight excluding hydrogens is 456 g/mol. The van der Waals surface area contributed by atoms with Crippen LogP contribution in [0.5, 0.6) is 0 Å². The molecule has 6 nitrogen and oxygen atoms in total. The number of nitrogens with zero attached hydrogens (tertiary/aromatic N) is 3. The van der Waals surface area contributed by atoms with Crippen LogP contribution in [0.3, 0.4) is 0 Å². The SMILES string of the molecule is C#C.CC1CC1NCc1nc2ccc(C#Cc3ccc4c(ccc5[nH]c([C@@H]6C[C@H]7CN76)nc54)c3)cc2[nH]1. The molecule has 3 aromatic carbocycles. The quantitative estimate of drug-likeness (QED) is 0.251. The lowest BCUT2D eigenvalue weighted by molar-refractivity contribution is 0.245. The molecule has 182 valence electrons. The van der Waals surface area contributed by atoms with Crippen molar-refractivity contribution >= 4 is 32.8 Å². The average Bonchev–Trinajstić information content (AvgIpc) is 3.62. The number of benzene rings is 3. The normalized spacial score (nSPS) is 25.0. The molecule has 0 amide bonds. The number of hydrogen-bond acceptors (Lipinski definition) is 4. The summed E-state index contributed by atoms with van der Waals surface area (Å²) in [4.78, 5) is 19.2. The van der Waals surface area contributed by atoms with E-state index in [1.807, 2.05) is 12.1 Å². The molecule has 3 fully saturated rings. The third kappa shape index (κ3) is 3.96. The van der Waals surface area contributed by atoms with E-state index in [-0.39, 0.29) is 0 Å². The van der Waals surface area contributed by atoms with Crippen molar-refractivity contribution < 1.29 is 0 Å². The summed E-state index contributed by atoms with van der Waals surface area (Å²) in [5, 5.41) is 5.91. The minimum Gasteiger partial charge on any atom is -0.341 e. The van der Waals surface area contributed by atoms with Gasteiger partial charge in [0.05, 0.1) is 34.7 Å². The van der Waals surface area contributed by atoms with Gasteiger partial charge in [0, 0.05) is 35.1 Å². The number of fused-ring (bicyclic) bond motifs is 5. The largest absolute Gasteiger partial charge is 0.341 e. The van der Waals surface area contributed by atoms with E-state index in [1.165, 1.54) is 30.2 Å². The van der Waals surface area contributed by atoms with Crippen molar-refractivity contribution in [2.45, 2.75) is 44.4 Å². The van der Waals surface area contributed by atoms with E-state index in [0.717, 1.165) is 63.3 Å². The van der Waals surface area contributed by atoms with Gasteiger partial charge < -0.3 is 15.3 Å². The molecule has 3 N–H and O–H groups in total. The van der Waals surface area contributed by atoms with Crippen LogP contribution in [0.25, 0.3) is 32.8 Å². The molecule has 0 spiro atoms. The van der Waals surface area contributed by atoms with Gasteiger partial charge in [-0.2, -0.15) is 0 Å². The summed E-state index contributed by atoms with van der Waals surface area (Å²) in [6, 6.07) is 18.9. The molecule has 5 atom stereocenters. The second-order valence-corrected chi connectivity index (χ2v) is 10.5. The Morgan fingerprint density at radius 2 is 1.78 bits per heavy atom. The number of rotatable bonds is 4. The maximum absolute atomic E-state index is 4.98. The molecule has 2 saturated heterocycles. The van der Waals surface area contributed by atoms with Crippen molar-refractivity contribution in [1.82, 2.24) is 30.2 Å². The summed E-state index contributed by atoms with van der Waals surface area (Å²) in [7, 11) is 0. The number of H-pyrrole nitrogens is 2. The zero-order valence-electron chi connectivity index (χ0n) is 20.8. The Kier molecular flexibility index (Phi) is 5.08. The van der Waals surface area contributed by atoms with Crippen LogP contribution in [0.2, 0.25) is 0 Å². The van der Waals surface area contributed by atoms with Crippen molar-refractivity contribution in [1.29, 1.82) is 0 Å². The monoisotopic (exact) mass is 484 g/mol. The third-order valence-corrected chi connectivity index (χ3v) is 7.98. The Morgan fingerprint density at radius 1 is 0.973 bits per heavy atom. The van der Waals surface area contributed by atoms with Crippen molar-refractivity contribution in [3.63, 3.8) is 0 Å². The maximum Gasteiger partial charge on any atom is 0.124 e. The smallest absolute Gasteiger partial charge is 0.124 e. The van der Waals surface area contributed by atoms with Gasteiger partial charge in [0.2, 0.25) is 0 Å². The van der Waals surface area contributed by atoms with Crippen LogP contribution in [-0.2, 0) is 6.54 Å². The molecule has 8 rings (SSSR count). The van der Waals surface area contributed by atoms with Gasteiger partial charge in [-0.1, -0.05) is 30.9 Å². The molecule has 6 heteroatoms. The van der Waals surface area contributed by atoms with Gasteiger partial charge in [-0.3, -0.25) is 4.90 Å². The van der Waals surface area contributed by atoms with E-state index in [2.05, 4.69) is 88.2 Å². The van der Waals surface area contributed by atoms with Gasteiger partial charge in [0.15, 0.2) is 0 Å². The van der Waals surface area contributed by atoms with Crippen LogP contribution in [-0.4, -0.2) is 43.5 Å². The van der Waals surface area contributed by atoms with E-state index in [1.54, 1.807) is 0 Å². The zero-order valence-corrected chi connectivity index (χ0v) is 20.8. The first-order valence-electron chi connectivity index (χ1n) is 12.9. The van der Waals surface area contributed by atoms with Gasteiger partial charge in [-0.15, -0.1) is 12.8 Å². The standard InChI is InChI=1S/C29H26N6.C2H2/c1-16-10-24(16)30-14-27-31-22-8-5-18(12-25(22)32-27)3-2-17-4-7-21-19(11-17)6-9-23-28(21)34-29(33-23)26-13-20-15-35(20)26;1-2/h4-9,11-12,16,20,24,26,30H,10,13-15H2,1H3,(H,31,32)(H,33,34);1-2H/t16?,20-,24?,26-,35?;/m0./s1. The Balaban J connectivity index is 0.00000113. The summed E-state index contributed by atoms with van der Waals surface area (Å²) in [5.41, 5.74) is 6.19. The molecule has 3 unspecified atom stereocenters. The predicted octanol–water partition coefficient (Wildman–Crippen LogP) is 4.87. The third-order valence-electron chi connectivity index (χ3n) is 7.98. The van der Waals surface area contributed by atoms with Gasteiger partial charge in [-0.05, 0) is 60.5 Å². The second kappa shape index (κ2) is 8.49. The highest BCUT2D eigenvalue weighted by molar-refractivity contribution is 6.04. The fraction of sp³-hybridized carbons (Fsp3) is 0.290. The highest BCUT2D eigenvalue weighted by atomic mass is 15.4. The predicted molar refractivity (Wildman–Crippen MR) is 148 cm³/mol. The summed E-state index contributed by atoms with van der Waals surface area (Å²) >= 11 is 0. The molecule has 1 saturated carbocycles. The van der Waals surface area contributed by atoms with Crippen LogP contribution in [0, 0.1) is 30.6 Å². The molecule has 0 radical (unpaired) electrons. The molecule has 37 heavy (non-hydrogen) atoms. The highest BCUT2D eigenvalue weighted by Crippen LogP contribution is 2.48. The van der Waals surface area contributed by atoms with E-state index in [0.29, 0.717) is 12.1 Å². The summed E-state index contributed by atoms with van der Waals surface area (Å²) in [5.74, 6) is 9.56. The lowest BCUT2D eigenvalue weighted by Crippen LogP contribution is -2.25. The minimum atomic E-state index is 0.481. The van der Waals surface area contributed by atoms with Crippen LogP contribution < -0.4 is 5.32 Å². The first-order chi connectivity index (χ1) is 18.2. The van der Waals surface area contributed by atoms with Crippen LogP contribution >= 0.6 is 0 Å². The Morgan fingerprint density at radius 3 is 2.54 bits per heavy atom. The van der Waals surface area contributed by atoms with Crippen molar-refractivity contribution in [3.05, 3.63) is 71.3 Å². The average molecular weight is 485 g/mol. The van der Waals surface area contributed by atoms with E-state index in [4.69, 9.17) is 9.97 Å². The zero-order chi connectivity index (χ0) is 25.1. The summed E-state index contributed by atoms with van der Waals surface area (Å²) < 4.78 is 0. The van der Waals surface area contributed by atoms with Crippen LogP contribution in [0.15, 0.2) is 48.5 Å². The minimum absolute atomic E-state index is 0.481.